The van der Waals surface area contributed by atoms with Crippen LogP contribution in [0.15, 0.2) is 4.90 Å². The molecule has 0 bridgehead atoms. The summed E-state index contributed by atoms with van der Waals surface area (Å²) in [4.78, 5) is 11.7. The minimum Gasteiger partial charge on any atom is -0.476 e. The van der Waals surface area contributed by atoms with Crippen LogP contribution in [0.25, 0.3) is 0 Å². The fraction of sp³-hybridized carbons (Fsp3) is 0.545. The molecule has 0 aromatic carbocycles. The van der Waals surface area contributed by atoms with Crippen molar-refractivity contribution in [3.8, 4) is 0 Å². The summed E-state index contributed by atoms with van der Waals surface area (Å²) in [7, 11) is -4.88. The Morgan fingerprint density at radius 3 is 2.23 bits per heavy atom. The van der Waals surface area contributed by atoms with Crippen molar-refractivity contribution in [1.82, 2.24) is 9.71 Å². The van der Waals surface area contributed by atoms with Crippen molar-refractivity contribution in [2.45, 2.75) is 42.8 Å². The molecule has 1 aliphatic carbocycles. The van der Waals surface area contributed by atoms with E-state index in [0.29, 0.717) is 0 Å². The largest absolute Gasteiger partial charge is 0.476 e. The maximum absolute atomic E-state index is 13.9. The number of carboxylic acid groups (broad SMARTS) is 1. The summed E-state index contributed by atoms with van der Waals surface area (Å²) in [5.41, 5.74) is -4.04. The monoisotopic (exact) mass is 344 g/mol. The molecular weight excluding hydrogens is 332 g/mol. The summed E-state index contributed by atoms with van der Waals surface area (Å²) in [5.74, 6) is -3.37. The molecule has 11 heteroatoms. The van der Waals surface area contributed by atoms with Gasteiger partial charge in [0.05, 0.1) is 0 Å². The number of nitrogens with one attached hydrogen (secondary N) is 2. The molecule has 1 saturated carbocycles. The van der Waals surface area contributed by atoms with Gasteiger partial charge in [-0.05, 0) is 26.2 Å². The van der Waals surface area contributed by atoms with Crippen LogP contribution < -0.4 is 4.72 Å². The summed E-state index contributed by atoms with van der Waals surface area (Å²) in [5, 5.41) is 8.72. The van der Waals surface area contributed by atoms with Gasteiger partial charge < -0.3 is 10.1 Å². The Kier molecular flexibility index (Phi) is 3.77. The van der Waals surface area contributed by atoms with Gasteiger partial charge in [-0.15, -0.1) is 0 Å². The van der Waals surface area contributed by atoms with Crippen molar-refractivity contribution in [2.75, 3.05) is 0 Å². The molecule has 1 aliphatic rings. The average Bonchev–Trinajstić information content (AvgIpc) is 2.58. The second-order valence-electron chi connectivity index (χ2n) is 5.11. The first-order valence-electron chi connectivity index (χ1n) is 6.13. The van der Waals surface area contributed by atoms with Gasteiger partial charge in [-0.2, -0.15) is 17.9 Å². The normalized spacial score (nSPS) is 18.0. The summed E-state index contributed by atoms with van der Waals surface area (Å²) >= 11 is 0. The average molecular weight is 344 g/mol. The van der Waals surface area contributed by atoms with Crippen LogP contribution in [-0.2, 0) is 10.0 Å². The first-order chi connectivity index (χ1) is 9.91. The minimum absolute atomic E-state index is 0.178. The van der Waals surface area contributed by atoms with Crippen LogP contribution >= 0.6 is 0 Å². The fourth-order valence-electron chi connectivity index (χ4n) is 2.33. The number of rotatable bonds is 4. The van der Waals surface area contributed by atoms with E-state index >= 15 is 0 Å². The van der Waals surface area contributed by atoms with Crippen LogP contribution in [0.3, 0.4) is 0 Å². The number of alkyl halides is 3. The van der Waals surface area contributed by atoms with Gasteiger partial charge in [0, 0.05) is 5.69 Å². The van der Waals surface area contributed by atoms with Crippen molar-refractivity contribution in [3.05, 3.63) is 17.2 Å². The molecule has 22 heavy (non-hydrogen) atoms. The van der Waals surface area contributed by atoms with Crippen molar-refractivity contribution >= 4 is 16.0 Å². The van der Waals surface area contributed by atoms with Crippen LogP contribution in [0, 0.1) is 12.7 Å². The molecule has 1 heterocycles. The summed E-state index contributed by atoms with van der Waals surface area (Å²) < 4.78 is 78.7. The van der Waals surface area contributed by atoms with Gasteiger partial charge in [0.15, 0.2) is 11.5 Å². The first-order valence-corrected chi connectivity index (χ1v) is 7.62. The number of aromatic carboxylic acids is 1. The number of H-pyrrole nitrogens is 1. The molecule has 0 radical (unpaired) electrons. The number of carbonyl (C=O) groups is 1. The molecule has 2 rings (SSSR count). The lowest BCUT2D eigenvalue weighted by Crippen LogP contribution is -2.62. The lowest BCUT2D eigenvalue weighted by Gasteiger charge is -2.43. The number of aromatic amines is 1. The zero-order chi connectivity index (χ0) is 16.9. The van der Waals surface area contributed by atoms with Crippen LogP contribution in [0.2, 0.25) is 0 Å². The smallest absolute Gasteiger partial charge is 0.407 e. The maximum atomic E-state index is 13.9. The zero-order valence-electron chi connectivity index (χ0n) is 11.2. The number of aromatic nitrogens is 1. The number of aryl methyl sites for hydroxylation is 1. The molecule has 0 saturated heterocycles. The summed E-state index contributed by atoms with van der Waals surface area (Å²) in [6.07, 6.45) is -5.55. The van der Waals surface area contributed by atoms with Gasteiger partial charge in [0.1, 0.15) is 10.4 Å². The van der Waals surface area contributed by atoms with Crippen molar-refractivity contribution < 1.29 is 35.9 Å². The molecule has 0 unspecified atom stereocenters. The highest BCUT2D eigenvalue weighted by Gasteiger charge is 2.60. The third-order valence-corrected chi connectivity index (χ3v) is 5.32. The highest BCUT2D eigenvalue weighted by molar-refractivity contribution is 7.89. The van der Waals surface area contributed by atoms with E-state index in [0.717, 1.165) is 6.92 Å². The standard InChI is InChI=1S/C11H12F4N2O4S/c1-5-8(6(12)7(16-5)9(18)19)22(20,21)17-10(3-2-4-10)11(13,14)15/h16-17H,2-4H2,1H3,(H,18,19). The van der Waals surface area contributed by atoms with Crippen LogP contribution in [0.5, 0.6) is 0 Å². The second-order valence-corrected chi connectivity index (χ2v) is 6.73. The molecule has 0 spiro atoms. The molecule has 1 aromatic heterocycles. The summed E-state index contributed by atoms with van der Waals surface area (Å²) in [6.45, 7) is 1.06. The predicted octanol–water partition coefficient (Wildman–Crippen LogP) is 1.92. The number of sulfonamides is 1. The lowest BCUT2D eigenvalue weighted by atomic mass is 9.77. The van der Waals surface area contributed by atoms with Crippen molar-refractivity contribution in [2.24, 2.45) is 0 Å². The van der Waals surface area contributed by atoms with E-state index in [4.69, 9.17) is 5.11 Å². The van der Waals surface area contributed by atoms with E-state index in [2.05, 4.69) is 0 Å². The number of carboxylic acids is 1. The fourth-order valence-corrected chi connectivity index (χ4v) is 4.05. The van der Waals surface area contributed by atoms with Gasteiger partial charge in [-0.25, -0.2) is 17.6 Å². The summed E-state index contributed by atoms with van der Waals surface area (Å²) in [6, 6.07) is 0. The van der Waals surface area contributed by atoms with Crippen molar-refractivity contribution in [3.63, 3.8) is 0 Å². The zero-order valence-corrected chi connectivity index (χ0v) is 12.0. The molecule has 124 valence electrons. The Hall–Kier alpha value is -1.62. The van der Waals surface area contributed by atoms with Gasteiger partial charge in [0.2, 0.25) is 10.0 Å². The third kappa shape index (κ3) is 2.47. The molecule has 0 amide bonds. The van der Waals surface area contributed by atoms with Crippen LogP contribution in [0.1, 0.15) is 35.4 Å². The Morgan fingerprint density at radius 1 is 1.36 bits per heavy atom. The third-order valence-electron chi connectivity index (χ3n) is 3.63. The highest BCUT2D eigenvalue weighted by atomic mass is 32.2. The van der Waals surface area contributed by atoms with E-state index in [9.17, 15) is 30.8 Å². The van der Waals surface area contributed by atoms with Gasteiger partial charge >= 0.3 is 12.1 Å². The SMILES string of the molecule is Cc1[nH]c(C(=O)O)c(F)c1S(=O)(=O)NC1(C(F)(F)F)CCC1. The van der Waals surface area contributed by atoms with Gasteiger partial charge in [-0.3, -0.25) is 0 Å². The molecular formula is C11H12F4N2O4S. The van der Waals surface area contributed by atoms with E-state index in [-0.39, 0.29) is 12.1 Å². The maximum Gasteiger partial charge on any atom is 0.407 e. The van der Waals surface area contributed by atoms with Gasteiger partial charge in [-0.1, -0.05) is 0 Å². The highest BCUT2D eigenvalue weighted by Crippen LogP contribution is 2.46. The molecule has 1 fully saturated rings. The topological polar surface area (TPSA) is 99.3 Å². The lowest BCUT2D eigenvalue weighted by molar-refractivity contribution is -0.212. The van der Waals surface area contributed by atoms with E-state index in [1.165, 1.54) is 4.72 Å². The number of hydrogen-bond acceptors (Lipinski definition) is 3. The Morgan fingerprint density at radius 2 is 1.91 bits per heavy atom. The minimum atomic E-state index is -4.88. The molecule has 3 N–H and O–H groups in total. The van der Waals surface area contributed by atoms with Crippen molar-refractivity contribution in [1.29, 1.82) is 0 Å². The van der Waals surface area contributed by atoms with E-state index in [1.54, 1.807) is 0 Å². The van der Waals surface area contributed by atoms with E-state index < -0.39 is 57.0 Å². The molecule has 1 aromatic rings. The first kappa shape index (κ1) is 16.7. The van der Waals surface area contributed by atoms with Gasteiger partial charge in [0.25, 0.3) is 0 Å². The molecule has 0 aliphatic heterocycles. The van der Waals surface area contributed by atoms with E-state index in [1.807, 2.05) is 4.98 Å². The number of hydrogen-bond donors (Lipinski definition) is 3. The van der Waals surface area contributed by atoms with Crippen LogP contribution in [0.4, 0.5) is 17.6 Å². The molecule has 6 nitrogen and oxygen atoms in total. The Labute approximate surface area is 122 Å². The number of halogens is 4. The second kappa shape index (κ2) is 4.95. The predicted molar refractivity (Wildman–Crippen MR) is 65.4 cm³/mol. The Bertz CT molecular complexity index is 719. The Balaban J connectivity index is 2.47. The quantitative estimate of drug-likeness (QED) is 0.727. The molecule has 0 atom stereocenters. The van der Waals surface area contributed by atoms with Crippen LogP contribution in [-0.4, -0.2) is 36.2 Å².